The van der Waals surface area contributed by atoms with Crippen molar-refractivity contribution in [2.24, 2.45) is 0 Å². The molecule has 1 unspecified atom stereocenters. The summed E-state index contributed by atoms with van der Waals surface area (Å²) in [4.78, 5) is 25.4. The maximum Gasteiger partial charge on any atom is 0.307 e. The van der Waals surface area contributed by atoms with Crippen molar-refractivity contribution in [2.45, 2.75) is 32.7 Å². The lowest BCUT2D eigenvalue weighted by atomic mass is 10.0. The molecule has 108 valence electrons. The number of carbonyl (C=O) groups excluding carboxylic acids is 2. The van der Waals surface area contributed by atoms with Gasteiger partial charge in [0.1, 0.15) is 5.88 Å². The summed E-state index contributed by atoms with van der Waals surface area (Å²) >= 11 is 5.75. The first-order valence-corrected chi connectivity index (χ1v) is 7.18. The molecule has 1 atom stereocenters. The van der Waals surface area contributed by atoms with E-state index in [1.165, 1.54) is 0 Å². The molecule has 1 aliphatic heterocycles. The zero-order chi connectivity index (χ0) is 14.7. The fourth-order valence-electron chi connectivity index (χ4n) is 2.64. The average Bonchev–Trinajstić information content (AvgIpc) is 2.42. The number of alkyl halides is 1. The molecule has 1 aromatic carbocycles. The number of hydrogen-bond acceptors (Lipinski definition) is 3. The van der Waals surface area contributed by atoms with Gasteiger partial charge in [-0.2, -0.15) is 0 Å². The van der Waals surface area contributed by atoms with E-state index >= 15 is 0 Å². The lowest BCUT2D eigenvalue weighted by molar-refractivity contribution is -0.147. The fourth-order valence-corrected chi connectivity index (χ4v) is 2.77. The number of anilines is 1. The summed E-state index contributed by atoms with van der Waals surface area (Å²) in [7, 11) is 0. The smallest absolute Gasteiger partial charge is 0.307 e. The number of carbonyl (C=O) groups is 2. The summed E-state index contributed by atoms with van der Waals surface area (Å²) in [6.07, 6.45) is 0.860. The number of aryl methyl sites for hydroxylation is 2. The molecule has 5 heteroatoms. The largest absolute Gasteiger partial charge is 0.466 e. The number of benzene rings is 1. The molecule has 4 nitrogen and oxygen atoms in total. The number of rotatable bonds is 3. The van der Waals surface area contributed by atoms with Crippen molar-refractivity contribution in [3.05, 3.63) is 29.3 Å². The SMILES string of the molecule is Cc1cccc(C)c1N(C(=O)CCl)C1CCOC(=O)C1. The van der Waals surface area contributed by atoms with Crippen molar-refractivity contribution >= 4 is 29.2 Å². The van der Waals surface area contributed by atoms with E-state index in [0.717, 1.165) is 16.8 Å². The zero-order valence-corrected chi connectivity index (χ0v) is 12.4. The number of ether oxygens (including phenoxy) is 1. The Balaban J connectivity index is 2.42. The molecule has 0 bridgehead atoms. The van der Waals surface area contributed by atoms with Gasteiger partial charge in [-0.3, -0.25) is 9.59 Å². The molecule has 0 N–H and O–H groups in total. The van der Waals surface area contributed by atoms with Crippen LogP contribution in [0.15, 0.2) is 18.2 Å². The molecule has 20 heavy (non-hydrogen) atoms. The van der Waals surface area contributed by atoms with Crippen LogP contribution in [-0.2, 0) is 14.3 Å². The number of halogens is 1. The Bertz CT molecular complexity index is 510. The van der Waals surface area contributed by atoms with Gasteiger partial charge in [-0.1, -0.05) is 18.2 Å². The van der Waals surface area contributed by atoms with Crippen molar-refractivity contribution in [3.63, 3.8) is 0 Å². The lowest BCUT2D eigenvalue weighted by Crippen LogP contribution is -2.46. The van der Waals surface area contributed by atoms with Crippen LogP contribution in [0.2, 0.25) is 0 Å². The number of nitrogens with zero attached hydrogens (tertiary/aromatic N) is 1. The Morgan fingerprint density at radius 1 is 1.40 bits per heavy atom. The van der Waals surface area contributed by atoms with Gasteiger partial charge >= 0.3 is 5.97 Å². The number of amides is 1. The molecule has 1 amide bonds. The van der Waals surface area contributed by atoms with Crippen molar-refractivity contribution in [2.75, 3.05) is 17.4 Å². The molecule has 0 spiro atoms. The number of esters is 1. The summed E-state index contributed by atoms with van der Waals surface area (Å²) in [5.74, 6) is -0.539. The number of cyclic esters (lactones) is 1. The van der Waals surface area contributed by atoms with E-state index in [0.29, 0.717) is 13.0 Å². The van der Waals surface area contributed by atoms with Crippen LogP contribution in [0.1, 0.15) is 24.0 Å². The van der Waals surface area contributed by atoms with Crippen LogP contribution in [0.5, 0.6) is 0 Å². The molecule has 0 radical (unpaired) electrons. The average molecular weight is 296 g/mol. The minimum Gasteiger partial charge on any atom is -0.466 e. The van der Waals surface area contributed by atoms with Gasteiger partial charge in [0.05, 0.1) is 19.1 Å². The second-order valence-electron chi connectivity index (χ2n) is 5.00. The highest BCUT2D eigenvalue weighted by molar-refractivity contribution is 6.29. The Labute approximate surface area is 123 Å². The summed E-state index contributed by atoms with van der Waals surface area (Å²) in [5, 5.41) is 0. The quantitative estimate of drug-likeness (QED) is 0.636. The molecule has 1 fully saturated rings. The monoisotopic (exact) mass is 295 g/mol. The highest BCUT2D eigenvalue weighted by Gasteiger charge is 2.31. The molecule has 1 aliphatic rings. The molecule has 1 heterocycles. The van der Waals surface area contributed by atoms with Gasteiger partial charge < -0.3 is 9.64 Å². The zero-order valence-electron chi connectivity index (χ0n) is 11.7. The Kier molecular flexibility index (Phi) is 4.65. The van der Waals surface area contributed by atoms with Crippen molar-refractivity contribution in [1.82, 2.24) is 0 Å². The Morgan fingerprint density at radius 3 is 2.60 bits per heavy atom. The molecule has 1 saturated heterocycles. The first-order valence-electron chi connectivity index (χ1n) is 6.64. The first-order chi connectivity index (χ1) is 9.54. The molecule has 0 saturated carbocycles. The van der Waals surface area contributed by atoms with Crippen molar-refractivity contribution in [3.8, 4) is 0 Å². The van der Waals surface area contributed by atoms with Crippen LogP contribution >= 0.6 is 11.6 Å². The Hall–Kier alpha value is -1.55. The second kappa shape index (κ2) is 6.27. The van der Waals surface area contributed by atoms with Crippen LogP contribution in [-0.4, -0.2) is 30.4 Å². The van der Waals surface area contributed by atoms with E-state index in [1.807, 2.05) is 32.0 Å². The first kappa shape index (κ1) is 14.9. The number of para-hydroxylation sites is 1. The maximum atomic E-state index is 12.3. The van der Waals surface area contributed by atoms with E-state index in [4.69, 9.17) is 16.3 Å². The minimum absolute atomic E-state index is 0.0979. The van der Waals surface area contributed by atoms with Gasteiger partial charge in [0.2, 0.25) is 5.91 Å². The van der Waals surface area contributed by atoms with Gasteiger partial charge in [-0.15, -0.1) is 11.6 Å². The van der Waals surface area contributed by atoms with Gasteiger partial charge in [0, 0.05) is 12.1 Å². The van der Waals surface area contributed by atoms with E-state index in [1.54, 1.807) is 4.90 Å². The molecule has 0 aliphatic carbocycles. The van der Waals surface area contributed by atoms with Gasteiger partial charge in [-0.25, -0.2) is 0 Å². The summed E-state index contributed by atoms with van der Waals surface area (Å²) in [5.41, 5.74) is 2.86. The maximum absolute atomic E-state index is 12.3. The highest BCUT2D eigenvalue weighted by Crippen LogP contribution is 2.30. The van der Waals surface area contributed by atoms with Gasteiger partial charge in [0.25, 0.3) is 0 Å². The van der Waals surface area contributed by atoms with E-state index in [-0.39, 0.29) is 30.2 Å². The predicted molar refractivity (Wildman–Crippen MR) is 78.1 cm³/mol. The Morgan fingerprint density at radius 2 is 2.05 bits per heavy atom. The topological polar surface area (TPSA) is 46.6 Å². The van der Waals surface area contributed by atoms with Crippen molar-refractivity contribution in [1.29, 1.82) is 0 Å². The third kappa shape index (κ3) is 2.96. The van der Waals surface area contributed by atoms with Crippen LogP contribution < -0.4 is 4.90 Å². The van der Waals surface area contributed by atoms with Crippen LogP contribution in [0, 0.1) is 13.8 Å². The predicted octanol–water partition coefficient (Wildman–Crippen LogP) is 2.58. The van der Waals surface area contributed by atoms with Gasteiger partial charge in [-0.05, 0) is 25.0 Å². The third-order valence-corrected chi connectivity index (χ3v) is 3.77. The highest BCUT2D eigenvalue weighted by atomic mass is 35.5. The lowest BCUT2D eigenvalue weighted by Gasteiger charge is -2.35. The van der Waals surface area contributed by atoms with E-state index < -0.39 is 0 Å². The minimum atomic E-state index is -0.264. The second-order valence-corrected chi connectivity index (χ2v) is 5.27. The van der Waals surface area contributed by atoms with E-state index in [9.17, 15) is 9.59 Å². The summed E-state index contributed by atoms with van der Waals surface area (Å²) in [6, 6.07) is 5.69. The summed E-state index contributed by atoms with van der Waals surface area (Å²) < 4.78 is 4.96. The van der Waals surface area contributed by atoms with E-state index in [2.05, 4.69) is 0 Å². The standard InChI is InChI=1S/C15H18ClNO3/c1-10-4-3-5-11(2)15(10)17(13(18)9-16)12-6-7-20-14(19)8-12/h3-5,12H,6-9H2,1-2H3. The molecule has 0 aromatic heterocycles. The van der Waals surface area contributed by atoms with Crippen LogP contribution in [0.4, 0.5) is 5.69 Å². The fraction of sp³-hybridized carbons (Fsp3) is 0.467. The normalized spacial score (nSPS) is 18.6. The molecular weight excluding hydrogens is 278 g/mol. The third-order valence-electron chi connectivity index (χ3n) is 3.54. The molecule has 2 rings (SSSR count). The molecule has 1 aromatic rings. The van der Waals surface area contributed by atoms with Crippen LogP contribution in [0.25, 0.3) is 0 Å². The van der Waals surface area contributed by atoms with Crippen LogP contribution in [0.3, 0.4) is 0 Å². The van der Waals surface area contributed by atoms with Gasteiger partial charge in [0.15, 0.2) is 0 Å². The van der Waals surface area contributed by atoms with Crippen molar-refractivity contribution < 1.29 is 14.3 Å². The molecular formula is C15H18ClNO3. The summed E-state index contributed by atoms with van der Waals surface area (Å²) in [6.45, 7) is 4.26. The number of hydrogen-bond donors (Lipinski definition) is 0.